The van der Waals surface area contributed by atoms with Gasteiger partial charge in [0.2, 0.25) is 0 Å². The van der Waals surface area contributed by atoms with Gasteiger partial charge in [-0.1, -0.05) is 30.4 Å². The van der Waals surface area contributed by atoms with Gasteiger partial charge in [0, 0.05) is 6.20 Å². The summed E-state index contributed by atoms with van der Waals surface area (Å²) in [5.41, 5.74) is 6.19. The minimum absolute atomic E-state index is 0.170. The van der Waals surface area contributed by atoms with Crippen LogP contribution in [0.5, 0.6) is 0 Å². The number of halogens is 3. The number of alkyl halides is 3. The van der Waals surface area contributed by atoms with Crippen molar-refractivity contribution in [3.63, 3.8) is 0 Å². The van der Waals surface area contributed by atoms with E-state index in [4.69, 9.17) is 18.0 Å². The number of thiocarbonyl (C=S) groups is 1. The zero-order chi connectivity index (χ0) is 14.8. The molecule has 2 rings (SSSR count). The minimum Gasteiger partial charge on any atom is -0.392 e. The van der Waals surface area contributed by atoms with Crippen molar-refractivity contribution in [1.82, 2.24) is 4.98 Å². The van der Waals surface area contributed by atoms with Crippen molar-refractivity contribution in [1.29, 1.82) is 0 Å². The first-order valence-electron chi connectivity index (χ1n) is 5.77. The molecule has 0 aliphatic heterocycles. The highest BCUT2D eigenvalue weighted by Crippen LogP contribution is 2.31. The average Bonchev–Trinajstić information content (AvgIpc) is 2.39. The number of benzene rings is 1. The number of pyridine rings is 1. The molecule has 0 aliphatic carbocycles. The van der Waals surface area contributed by atoms with Gasteiger partial charge in [-0.15, -0.1) is 0 Å². The predicted molar refractivity (Wildman–Crippen MR) is 74.3 cm³/mol. The number of aromatic nitrogens is 1. The molecule has 1 aromatic heterocycles. The first kappa shape index (κ1) is 14.5. The number of rotatable bonds is 3. The summed E-state index contributed by atoms with van der Waals surface area (Å²) in [5.74, 6) is -0.492. The summed E-state index contributed by atoms with van der Waals surface area (Å²) in [6.45, 7) is 0. The van der Waals surface area contributed by atoms with E-state index in [1.165, 1.54) is 12.1 Å². The Morgan fingerprint density at radius 2 is 1.75 bits per heavy atom. The van der Waals surface area contributed by atoms with E-state index in [9.17, 15) is 13.2 Å². The van der Waals surface area contributed by atoms with Gasteiger partial charge in [-0.3, -0.25) is 4.98 Å². The van der Waals surface area contributed by atoms with Crippen molar-refractivity contribution in [2.75, 3.05) is 0 Å². The highest BCUT2D eigenvalue weighted by Gasteiger charge is 2.30. The Morgan fingerprint density at radius 3 is 2.20 bits per heavy atom. The molecule has 2 N–H and O–H groups in total. The fraction of sp³-hybridized carbons (Fsp3) is 0.143. The average molecular weight is 296 g/mol. The third kappa shape index (κ3) is 3.14. The standard InChI is InChI=1S/C14H11F3N2S/c15-14(16,17)10-6-4-9(5-7-10)12(13(18)20)11-3-1-2-8-19-11/h1-8,12H,(H2,18,20). The Labute approximate surface area is 119 Å². The quantitative estimate of drug-likeness (QED) is 0.881. The fourth-order valence-corrected chi connectivity index (χ4v) is 2.15. The van der Waals surface area contributed by atoms with E-state index in [0.29, 0.717) is 11.3 Å². The Bertz CT molecular complexity index is 594. The van der Waals surface area contributed by atoms with Crippen LogP contribution >= 0.6 is 12.2 Å². The topological polar surface area (TPSA) is 38.9 Å². The Balaban J connectivity index is 2.39. The van der Waals surface area contributed by atoms with Crippen molar-refractivity contribution in [2.45, 2.75) is 12.1 Å². The maximum absolute atomic E-state index is 12.5. The number of hydrogen-bond acceptors (Lipinski definition) is 2. The van der Waals surface area contributed by atoms with Crippen molar-refractivity contribution in [3.8, 4) is 0 Å². The zero-order valence-corrected chi connectivity index (χ0v) is 11.1. The molecule has 1 atom stereocenters. The molecule has 0 bridgehead atoms. The molecule has 2 aromatic rings. The van der Waals surface area contributed by atoms with Gasteiger partial charge >= 0.3 is 6.18 Å². The number of nitrogens with zero attached hydrogens (tertiary/aromatic N) is 1. The SMILES string of the molecule is NC(=S)C(c1ccc(C(F)(F)F)cc1)c1ccccn1. The van der Waals surface area contributed by atoms with Crippen molar-refractivity contribution in [2.24, 2.45) is 5.73 Å². The summed E-state index contributed by atoms with van der Waals surface area (Å²) in [6, 6.07) is 10.0. The lowest BCUT2D eigenvalue weighted by atomic mass is 9.94. The lowest BCUT2D eigenvalue weighted by molar-refractivity contribution is -0.137. The molecule has 1 aromatic carbocycles. The first-order chi connectivity index (χ1) is 9.39. The maximum atomic E-state index is 12.5. The van der Waals surface area contributed by atoms with E-state index in [-0.39, 0.29) is 4.99 Å². The first-order valence-corrected chi connectivity index (χ1v) is 6.18. The summed E-state index contributed by atoms with van der Waals surface area (Å²) >= 11 is 5.00. The van der Waals surface area contributed by atoms with Crippen LogP contribution in [0, 0.1) is 0 Å². The van der Waals surface area contributed by atoms with Crippen LogP contribution in [0.4, 0.5) is 13.2 Å². The molecule has 0 aliphatic rings. The number of hydrogen-bond donors (Lipinski definition) is 1. The maximum Gasteiger partial charge on any atom is 0.416 e. The zero-order valence-electron chi connectivity index (χ0n) is 10.3. The van der Waals surface area contributed by atoms with Crippen LogP contribution < -0.4 is 5.73 Å². The van der Waals surface area contributed by atoms with E-state index in [1.807, 2.05) is 0 Å². The second kappa shape index (κ2) is 5.58. The van der Waals surface area contributed by atoms with Gasteiger partial charge in [-0.25, -0.2) is 0 Å². The molecule has 1 unspecified atom stereocenters. The molecule has 20 heavy (non-hydrogen) atoms. The summed E-state index contributed by atoms with van der Waals surface area (Å²) < 4.78 is 37.6. The summed E-state index contributed by atoms with van der Waals surface area (Å²) in [7, 11) is 0. The minimum atomic E-state index is -4.36. The Hall–Kier alpha value is -1.95. The molecule has 1 heterocycles. The number of nitrogens with two attached hydrogens (primary N) is 1. The van der Waals surface area contributed by atoms with E-state index in [0.717, 1.165) is 12.1 Å². The van der Waals surface area contributed by atoms with Crippen molar-refractivity contribution in [3.05, 3.63) is 65.5 Å². The summed E-state index contributed by atoms with van der Waals surface area (Å²) in [5, 5.41) is 0. The van der Waals surface area contributed by atoms with Crippen molar-refractivity contribution < 1.29 is 13.2 Å². The van der Waals surface area contributed by atoms with Crippen LogP contribution in [0.1, 0.15) is 22.7 Å². The molecule has 0 saturated carbocycles. The Morgan fingerprint density at radius 1 is 1.10 bits per heavy atom. The largest absolute Gasteiger partial charge is 0.416 e. The van der Waals surface area contributed by atoms with E-state index in [2.05, 4.69) is 4.98 Å². The monoisotopic (exact) mass is 296 g/mol. The molecular formula is C14H11F3N2S. The van der Waals surface area contributed by atoms with Gasteiger partial charge in [0.25, 0.3) is 0 Å². The lowest BCUT2D eigenvalue weighted by Gasteiger charge is -2.16. The summed E-state index contributed by atoms with van der Waals surface area (Å²) in [4.78, 5) is 4.33. The smallest absolute Gasteiger partial charge is 0.392 e. The molecule has 2 nitrogen and oxygen atoms in total. The second-order valence-corrected chi connectivity index (χ2v) is 4.68. The fourth-order valence-electron chi connectivity index (χ4n) is 1.89. The van der Waals surface area contributed by atoms with E-state index >= 15 is 0 Å². The van der Waals surface area contributed by atoms with Crippen LogP contribution in [0.15, 0.2) is 48.7 Å². The van der Waals surface area contributed by atoms with Gasteiger partial charge < -0.3 is 5.73 Å². The Kier molecular flexibility index (Phi) is 4.04. The van der Waals surface area contributed by atoms with Crippen LogP contribution in [-0.2, 0) is 6.18 Å². The van der Waals surface area contributed by atoms with Crippen LogP contribution in [0.3, 0.4) is 0 Å². The van der Waals surface area contributed by atoms with Gasteiger partial charge in [0.15, 0.2) is 0 Å². The highest BCUT2D eigenvalue weighted by atomic mass is 32.1. The molecule has 0 fully saturated rings. The molecule has 0 radical (unpaired) electrons. The molecule has 6 heteroatoms. The van der Waals surface area contributed by atoms with Crippen LogP contribution in [-0.4, -0.2) is 9.97 Å². The molecular weight excluding hydrogens is 285 g/mol. The van der Waals surface area contributed by atoms with Gasteiger partial charge in [-0.05, 0) is 29.8 Å². The lowest BCUT2D eigenvalue weighted by Crippen LogP contribution is -2.21. The van der Waals surface area contributed by atoms with Crippen LogP contribution in [0.25, 0.3) is 0 Å². The summed E-state index contributed by atoms with van der Waals surface area (Å²) in [6.07, 6.45) is -2.77. The van der Waals surface area contributed by atoms with Crippen LogP contribution in [0.2, 0.25) is 0 Å². The molecule has 104 valence electrons. The second-order valence-electron chi connectivity index (χ2n) is 4.21. The van der Waals surface area contributed by atoms with Gasteiger partial charge in [-0.2, -0.15) is 13.2 Å². The molecule has 0 saturated heterocycles. The third-order valence-corrected chi connectivity index (χ3v) is 3.08. The van der Waals surface area contributed by atoms with Crippen molar-refractivity contribution >= 4 is 17.2 Å². The van der Waals surface area contributed by atoms with Gasteiger partial charge in [0.05, 0.1) is 22.2 Å². The highest BCUT2D eigenvalue weighted by molar-refractivity contribution is 7.80. The predicted octanol–water partition coefficient (Wildman–Crippen LogP) is 3.52. The molecule has 0 amide bonds. The normalized spacial score (nSPS) is 12.9. The van der Waals surface area contributed by atoms with E-state index in [1.54, 1.807) is 24.4 Å². The third-order valence-electron chi connectivity index (χ3n) is 2.84. The van der Waals surface area contributed by atoms with E-state index < -0.39 is 17.7 Å². The molecule has 0 spiro atoms. The van der Waals surface area contributed by atoms with Gasteiger partial charge in [0.1, 0.15) is 0 Å².